The van der Waals surface area contributed by atoms with Gasteiger partial charge in [-0.2, -0.15) is 0 Å². The van der Waals surface area contributed by atoms with Crippen molar-refractivity contribution >= 4 is 28.2 Å². The van der Waals surface area contributed by atoms with Crippen molar-refractivity contribution in [3.8, 4) is 0 Å². The molecule has 1 fully saturated rings. The van der Waals surface area contributed by atoms with Crippen LogP contribution in [0.25, 0.3) is 10.8 Å². The average Bonchev–Trinajstić information content (AvgIpc) is 3.37. The van der Waals surface area contributed by atoms with Crippen LogP contribution < -0.4 is 10.2 Å². The van der Waals surface area contributed by atoms with E-state index in [1.54, 1.807) is 0 Å². The molecular formula is C27H28N2O3. The number of benzene rings is 3. The predicted octanol–water partition coefficient (Wildman–Crippen LogP) is 4.91. The minimum atomic E-state index is -0.853. The highest BCUT2D eigenvalue weighted by molar-refractivity contribution is 6.02. The predicted molar refractivity (Wildman–Crippen MR) is 127 cm³/mol. The van der Waals surface area contributed by atoms with E-state index >= 15 is 0 Å². The van der Waals surface area contributed by atoms with Gasteiger partial charge in [0.05, 0.1) is 6.42 Å². The number of carboxylic acid groups (broad SMARTS) is 1. The van der Waals surface area contributed by atoms with E-state index in [-0.39, 0.29) is 24.2 Å². The molecule has 0 unspecified atom stereocenters. The third kappa shape index (κ3) is 3.89. The lowest BCUT2D eigenvalue weighted by atomic mass is 9.97. The van der Waals surface area contributed by atoms with Crippen LogP contribution in [0.2, 0.25) is 0 Å². The Morgan fingerprint density at radius 1 is 1.16 bits per heavy atom. The monoisotopic (exact) mass is 428 g/mol. The number of nitrogens with zero attached hydrogens (tertiary/aromatic N) is 1. The maximum atomic E-state index is 12.3. The molecule has 5 heteroatoms. The number of rotatable bonds is 6. The summed E-state index contributed by atoms with van der Waals surface area (Å²) < 4.78 is 0. The minimum Gasteiger partial charge on any atom is -0.481 e. The van der Waals surface area contributed by atoms with E-state index in [0.29, 0.717) is 18.0 Å². The number of ketones is 1. The maximum absolute atomic E-state index is 12.3. The van der Waals surface area contributed by atoms with Crippen molar-refractivity contribution in [3.63, 3.8) is 0 Å². The largest absolute Gasteiger partial charge is 0.481 e. The summed E-state index contributed by atoms with van der Waals surface area (Å²) in [6, 6.07) is 21.5. The van der Waals surface area contributed by atoms with Crippen molar-refractivity contribution < 1.29 is 14.7 Å². The summed E-state index contributed by atoms with van der Waals surface area (Å²) in [5.41, 5.74) is 3.99. The second-order valence-corrected chi connectivity index (χ2v) is 9.08. The Balaban J connectivity index is 1.30. The molecule has 0 bridgehead atoms. The number of anilines is 1. The number of carbonyl (C=O) groups excluding carboxylic acids is 1. The second-order valence-electron chi connectivity index (χ2n) is 9.08. The Kier molecular flexibility index (Phi) is 5.43. The molecule has 1 aliphatic heterocycles. The molecule has 1 aliphatic carbocycles. The lowest BCUT2D eigenvalue weighted by molar-refractivity contribution is -0.137. The van der Waals surface area contributed by atoms with Crippen LogP contribution in [0.3, 0.4) is 0 Å². The van der Waals surface area contributed by atoms with Crippen molar-refractivity contribution in [3.05, 3.63) is 77.4 Å². The molecule has 3 atom stereocenters. The third-order valence-corrected chi connectivity index (χ3v) is 6.96. The zero-order chi connectivity index (χ0) is 22.2. The molecule has 0 amide bonds. The Bertz CT molecular complexity index is 1180. The molecule has 164 valence electrons. The van der Waals surface area contributed by atoms with Crippen molar-refractivity contribution in [2.45, 2.75) is 44.2 Å². The summed E-state index contributed by atoms with van der Waals surface area (Å²) in [7, 11) is 0. The maximum Gasteiger partial charge on any atom is 0.303 e. The van der Waals surface area contributed by atoms with E-state index in [4.69, 9.17) is 0 Å². The minimum absolute atomic E-state index is 0.00885. The number of hydrogen-bond acceptors (Lipinski definition) is 4. The number of nitrogens with one attached hydrogen (secondary N) is 1. The molecule has 0 radical (unpaired) electrons. The average molecular weight is 429 g/mol. The Hall–Kier alpha value is -3.18. The normalized spacial score (nSPS) is 21.2. The third-order valence-electron chi connectivity index (χ3n) is 6.96. The lowest BCUT2D eigenvalue weighted by Crippen LogP contribution is -2.34. The van der Waals surface area contributed by atoms with Crippen molar-refractivity contribution in [2.24, 2.45) is 0 Å². The van der Waals surface area contributed by atoms with Gasteiger partial charge in [-0.05, 0) is 53.4 Å². The van der Waals surface area contributed by atoms with Gasteiger partial charge < -0.3 is 15.3 Å². The summed E-state index contributed by atoms with van der Waals surface area (Å²) in [6.45, 7) is 4.06. The van der Waals surface area contributed by atoms with E-state index in [2.05, 4.69) is 59.6 Å². The van der Waals surface area contributed by atoms with Gasteiger partial charge in [-0.3, -0.25) is 9.59 Å². The molecule has 3 aromatic rings. The van der Waals surface area contributed by atoms with Crippen molar-refractivity contribution in [1.29, 1.82) is 0 Å². The fourth-order valence-corrected chi connectivity index (χ4v) is 5.38. The molecule has 0 aromatic heterocycles. The van der Waals surface area contributed by atoms with Gasteiger partial charge in [-0.1, -0.05) is 42.5 Å². The second kappa shape index (κ2) is 8.40. The number of Topliss-reactive ketones (excluding diaryl/α,β-unsaturated/α-hetero) is 1. The van der Waals surface area contributed by atoms with Crippen molar-refractivity contribution in [1.82, 2.24) is 5.32 Å². The molecule has 2 aliphatic rings. The van der Waals surface area contributed by atoms with Gasteiger partial charge in [0.25, 0.3) is 0 Å². The Morgan fingerprint density at radius 3 is 2.81 bits per heavy atom. The van der Waals surface area contributed by atoms with Crippen LogP contribution in [0.15, 0.2) is 60.7 Å². The highest BCUT2D eigenvalue weighted by Crippen LogP contribution is 2.38. The zero-order valence-electron chi connectivity index (χ0n) is 18.3. The van der Waals surface area contributed by atoms with Crippen LogP contribution in [-0.2, 0) is 4.79 Å². The Labute approximate surface area is 188 Å². The molecule has 5 rings (SSSR count). The van der Waals surface area contributed by atoms with Crippen LogP contribution in [0.4, 0.5) is 5.69 Å². The summed E-state index contributed by atoms with van der Waals surface area (Å²) in [5.74, 6) is -1.01. The molecule has 3 aromatic carbocycles. The van der Waals surface area contributed by atoms with E-state index in [1.807, 2.05) is 18.2 Å². The van der Waals surface area contributed by atoms with Crippen LogP contribution in [0, 0.1) is 0 Å². The fraction of sp³-hybridized carbons (Fsp3) is 0.333. The summed E-state index contributed by atoms with van der Waals surface area (Å²) in [6.07, 6.45) is 1.36. The lowest BCUT2D eigenvalue weighted by Gasteiger charge is -2.23. The number of carbonyl (C=O) groups is 2. The van der Waals surface area contributed by atoms with Gasteiger partial charge >= 0.3 is 5.97 Å². The van der Waals surface area contributed by atoms with Crippen molar-refractivity contribution in [2.75, 3.05) is 18.0 Å². The summed E-state index contributed by atoms with van der Waals surface area (Å²) in [4.78, 5) is 25.8. The van der Waals surface area contributed by atoms with E-state index in [1.165, 1.54) is 16.3 Å². The molecular weight excluding hydrogens is 400 g/mol. The molecule has 0 saturated carbocycles. The topological polar surface area (TPSA) is 69.6 Å². The number of carboxylic acids is 1. The Morgan fingerprint density at radius 2 is 1.97 bits per heavy atom. The standard InChI is InChI=1S/C27H28N2O3/c1-17(22-8-4-6-18-5-2-3-7-23(18)22)28-20-11-12-29(16-20)21-9-10-24-25(15-21)19(13-26(24)30)14-27(31)32/h2-10,15,17,19-20,28H,11-14,16H2,1H3,(H,31,32)/t17-,19-,20+/m1/s1. The highest BCUT2D eigenvalue weighted by atomic mass is 16.4. The summed E-state index contributed by atoms with van der Waals surface area (Å²) >= 11 is 0. The van der Waals surface area contributed by atoms with Gasteiger partial charge in [0.2, 0.25) is 0 Å². The molecule has 1 heterocycles. The molecule has 0 spiro atoms. The zero-order valence-corrected chi connectivity index (χ0v) is 18.3. The smallest absolute Gasteiger partial charge is 0.303 e. The summed E-state index contributed by atoms with van der Waals surface area (Å²) in [5, 5.41) is 15.6. The molecule has 1 saturated heterocycles. The van der Waals surface area contributed by atoms with Gasteiger partial charge in [0.15, 0.2) is 5.78 Å². The van der Waals surface area contributed by atoms with E-state index in [0.717, 1.165) is 30.8 Å². The first kappa shape index (κ1) is 20.7. The first-order valence-corrected chi connectivity index (χ1v) is 11.4. The fourth-order valence-electron chi connectivity index (χ4n) is 5.38. The SMILES string of the molecule is C[C@@H](N[C@H]1CCN(c2ccc3c(c2)[C@@H](CC(=O)O)CC3=O)C1)c1cccc2ccccc12. The quantitative estimate of drug-likeness (QED) is 0.584. The number of fused-ring (bicyclic) bond motifs is 2. The first-order chi connectivity index (χ1) is 15.5. The highest BCUT2D eigenvalue weighted by Gasteiger charge is 2.32. The van der Waals surface area contributed by atoms with Gasteiger partial charge in [-0.15, -0.1) is 0 Å². The van der Waals surface area contributed by atoms with E-state index < -0.39 is 5.97 Å². The van der Waals surface area contributed by atoms with Crippen LogP contribution in [0.5, 0.6) is 0 Å². The van der Waals surface area contributed by atoms with Gasteiger partial charge in [0, 0.05) is 48.8 Å². The number of hydrogen-bond donors (Lipinski definition) is 2. The van der Waals surface area contributed by atoms with Crippen LogP contribution in [0.1, 0.15) is 59.6 Å². The molecule has 2 N–H and O–H groups in total. The van der Waals surface area contributed by atoms with Crippen LogP contribution >= 0.6 is 0 Å². The van der Waals surface area contributed by atoms with Gasteiger partial charge in [-0.25, -0.2) is 0 Å². The molecule has 32 heavy (non-hydrogen) atoms. The van der Waals surface area contributed by atoms with E-state index in [9.17, 15) is 14.7 Å². The van der Waals surface area contributed by atoms with Crippen LogP contribution in [-0.4, -0.2) is 36.0 Å². The first-order valence-electron chi connectivity index (χ1n) is 11.4. The van der Waals surface area contributed by atoms with Gasteiger partial charge in [0.1, 0.15) is 0 Å². The number of aliphatic carboxylic acids is 1. The molecule has 5 nitrogen and oxygen atoms in total.